The van der Waals surface area contributed by atoms with E-state index in [0.29, 0.717) is 43.6 Å². The van der Waals surface area contributed by atoms with Crippen LogP contribution >= 0.6 is 11.6 Å². The molecular weight excluding hydrogens is 1950 g/mol. The monoisotopic (exact) mass is 2080 g/mol. The molecule has 0 saturated heterocycles. The summed E-state index contributed by atoms with van der Waals surface area (Å²) in [6.45, 7) is 42.0. The summed E-state index contributed by atoms with van der Waals surface area (Å²) in [7, 11) is 0. The summed E-state index contributed by atoms with van der Waals surface area (Å²) in [6, 6.07) is 16.5. The molecule has 1 aromatic heterocycles. The molecule has 3 rings (SSSR count). The van der Waals surface area contributed by atoms with Crippen molar-refractivity contribution in [2.24, 2.45) is 0 Å². The molecule has 126 heavy (non-hydrogen) atoms. The Kier molecular flexibility index (Phi) is 97.0. The Hall–Kier alpha value is -8.26. The van der Waals surface area contributed by atoms with Crippen molar-refractivity contribution < 1.29 is 214 Å². The van der Waals surface area contributed by atoms with Crippen molar-refractivity contribution >= 4 is 87.7 Å². The number of alkyl halides is 1. The van der Waals surface area contributed by atoms with Gasteiger partial charge < -0.3 is 63.8 Å². The summed E-state index contributed by atoms with van der Waals surface area (Å²) >= 11 is 5.37. The minimum atomic E-state index is -0.889. The van der Waals surface area contributed by atoms with Crippen LogP contribution in [0.1, 0.15) is 285 Å². The Morgan fingerprint density at radius 3 is 1.01 bits per heavy atom. The van der Waals surface area contributed by atoms with Gasteiger partial charge in [0.25, 0.3) is 5.69 Å². The van der Waals surface area contributed by atoms with Crippen LogP contribution in [0.2, 0.25) is 0 Å². The Balaban J connectivity index is -0.000000186. The summed E-state index contributed by atoms with van der Waals surface area (Å²) in [5, 5.41) is 68.3. The van der Waals surface area contributed by atoms with E-state index in [4.69, 9.17) is 74.7 Å². The van der Waals surface area contributed by atoms with Gasteiger partial charge in [-0.25, -0.2) is 33.7 Å². The van der Waals surface area contributed by atoms with E-state index in [2.05, 4.69) is 40.3 Å². The maximum absolute atomic E-state index is 12.3. The number of esters is 7. The number of non-ortho nitro benzene ring substituents is 1. The zero-order chi connectivity index (χ0) is 90.9. The third-order valence-electron chi connectivity index (χ3n) is 16.8. The van der Waals surface area contributed by atoms with Gasteiger partial charge in [0.05, 0.1) is 82.3 Å². The van der Waals surface area contributed by atoms with E-state index < -0.39 is 104 Å². The zero-order valence-electron chi connectivity index (χ0n) is 73.8. The fourth-order valence-corrected chi connectivity index (χ4v) is 9.87. The smallest absolute Gasteiger partial charge is 0.349 e. The van der Waals surface area contributed by atoms with E-state index >= 15 is 0 Å². The predicted octanol–water partition coefficient (Wildman–Crippen LogP) is 21.3. The Morgan fingerprint density at radius 2 is 0.667 bits per heavy atom. The molecule has 0 atom stereocenters. The first-order valence-corrected chi connectivity index (χ1v) is 41.7. The minimum Gasteiger partial charge on any atom is -0.523 e. The molecule has 29 nitrogen and oxygen atoms in total. The van der Waals surface area contributed by atoms with Gasteiger partial charge in [-0.15, -0.1) is 11.6 Å². The number of hydrogen-bond acceptors (Lipinski definition) is 25. The van der Waals surface area contributed by atoms with Gasteiger partial charge in [0.1, 0.15) is 28.6 Å². The van der Waals surface area contributed by atoms with Crippen molar-refractivity contribution in [2.75, 3.05) is 52.1 Å². The molecule has 0 aliphatic carbocycles. The number of rotatable bonds is 51. The first kappa shape index (κ1) is 136. The topological polar surface area (TPSA) is 409 Å². The first-order chi connectivity index (χ1) is 57.5. The number of nitro groups is 1. The number of allylic oxidation sites excluding steroid dienone is 4. The fourth-order valence-electron chi connectivity index (χ4n) is 9.74. The quantitative estimate of drug-likeness (QED) is 0.00248. The predicted molar refractivity (Wildman–Crippen MR) is 460 cm³/mol. The molecule has 0 spiro atoms. The number of pyridine rings is 1. The summed E-state index contributed by atoms with van der Waals surface area (Å²) < 4.78 is 35.0. The molecule has 6 N–H and O–H groups in total. The Morgan fingerprint density at radius 1 is 0.365 bits per heavy atom. The number of ether oxygens (including phenoxy) is 7. The van der Waals surface area contributed by atoms with E-state index in [1.165, 1.54) is 134 Å². The third kappa shape index (κ3) is 65.3. The van der Waals surface area contributed by atoms with Gasteiger partial charge in [-0.05, 0) is 88.6 Å². The van der Waals surface area contributed by atoms with Crippen LogP contribution in [0.3, 0.4) is 0 Å². The second-order valence-corrected chi connectivity index (χ2v) is 27.2. The van der Waals surface area contributed by atoms with Crippen LogP contribution in [0.5, 0.6) is 0 Å². The maximum atomic E-state index is 12.3. The van der Waals surface area contributed by atoms with Crippen molar-refractivity contribution in [3.63, 3.8) is 0 Å². The standard InChI is InChI=1S/C19H27NO5.C18H22N2O5.C15H24ClNO3.C15H18O4.C13H21NO3.C10H16O4.6Cu/c1-3-5-7-13-24-18(22)16(19(23)25-14-8-6-4-2)17(21)15-9-11-20-12-10-15;1-3-4-5-6-7-8-13-25-18(22)16(19-2)17(21)14-9-11-15(12-10-14)20(23)24;1-3-4-5-6-7-8-9-10-11-20-15(19)14(17-2)13(18)12-16;1-3-4-10-19-15(18)13(14(17)11(2)16)12-8-6-5-7-9-12;1-4-5-6-7-8-9-10-17-13(16)12(14-3)11(2)15;1-4-5-6-14-10(13)7(2)9(12)8(3)11;;;;;;/h9-12,21H,3-8,13-14H2,1-2H3;9-12,21H,3-8,13H2,1H3;18H,3-12H2,1H3;5-9,17H,3-4,10H2,1-2H3;15H,4-10H2,1-2H3;12H,4-6H2,1-3H3;;;;;;. The van der Waals surface area contributed by atoms with Gasteiger partial charge in [-0.3, -0.25) is 39.1 Å². The number of carbonyl (C=O) groups excluding carboxylic acids is 9. The summed E-state index contributed by atoms with van der Waals surface area (Å²) in [4.78, 5) is 127. The van der Waals surface area contributed by atoms with Gasteiger partial charge in [-0.2, -0.15) is 0 Å². The molecule has 0 saturated carbocycles. The largest absolute Gasteiger partial charge is 0.523 e. The van der Waals surface area contributed by atoms with Crippen LogP contribution in [-0.2, 0) is 179 Å². The van der Waals surface area contributed by atoms with Gasteiger partial charge in [0.15, 0.2) is 28.7 Å². The molecule has 2 aromatic carbocycles. The van der Waals surface area contributed by atoms with Crippen LogP contribution < -0.4 is 0 Å². The number of benzene rings is 2. The van der Waals surface area contributed by atoms with Gasteiger partial charge in [0.2, 0.25) is 0 Å². The Bertz CT molecular complexity index is 3870. The van der Waals surface area contributed by atoms with Crippen molar-refractivity contribution in [3.8, 4) is 0 Å². The van der Waals surface area contributed by atoms with Crippen molar-refractivity contribution in [1.82, 2.24) is 4.98 Å². The molecule has 0 aliphatic heterocycles. The number of Topliss-reactive ketones (excluding diaryl/α,β-unsaturated/α-hetero) is 2. The number of ketones is 2. The van der Waals surface area contributed by atoms with Crippen molar-refractivity contribution in [3.05, 3.63) is 191 Å². The molecule has 1 heterocycles. The van der Waals surface area contributed by atoms with Gasteiger partial charge in [0, 0.05) is 152 Å². The van der Waals surface area contributed by atoms with E-state index in [0.717, 1.165) is 116 Å². The van der Waals surface area contributed by atoms with Crippen LogP contribution in [-0.4, -0.2) is 146 Å². The van der Waals surface area contributed by atoms with Gasteiger partial charge >= 0.3 is 58.9 Å². The number of aliphatic hydroxyl groups excluding tert-OH is 6. The Labute approximate surface area is 813 Å². The molecule has 0 bridgehead atoms. The second kappa shape index (κ2) is 90.1. The zero-order valence-corrected chi connectivity index (χ0v) is 80.2. The number of aliphatic hydroxyl groups is 6. The number of halogens is 1. The molecule has 0 unspecified atom stereocenters. The summed E-state index contributed by atoms with van der Waals surface area (Å²) in [5.74, 6) is -9.61. The maximum Gasteiger partial charge on any atom is 0.349 e. The van der Waals surface area contributed by atoms with Gasteiger partial charge in [-0.1, -0.05) is 226 Å². The number of aromatic nitrogens is 1. The SMILES string of the molecule is CCCCCOC(=O)C(C(=O)OCCCCC)=C(O)c1ccncc1.CCCCOC(=O)C(=C(O)C(C)=O)c1ccccc1.CCCCOC(=O)C(C)=C(O)C(C)=O.[C-]#[N+]C(C(=O)OCCCCCCCC)=C(C)O.[C-]#[N+]C(C(=O)OCCCCCCCC)=C(O)c1ccc([N+](=O)[O-])cc1.[C-]#[N+]C(C(=O)OCCCCCCCCCC)=C(O)CCl.[Cu].[Cu].[Cu].[Cu].[Cu].[Cu]. The van der Waals surface area contributed by atoms with Crippen molar-refractivity contribution in [2.45, 2.75) is 269 Å². The number of nitro benzene ring substituents is 1. The average molecular weight is 2080 g/mol. The van der Waals surface area contributed by atoms with E-state index in [9.17, 15) is 73.7 Å². The fraction of sp³-hybridized carbons (Fsp3) is 0.544. The third-order valence-corrected chi connectivity index (χ3v) is 17.0. The van der Waals surface area contributed by atoms with Crippen LogP contribution in [0.4, 0.5) is 5.69 Å². The van der Waals surface area contributed by atoms with E-state index in [1.807, 2.05) is 27.7 Å². The molecule has 3 aromatic rings. The first-order valence-electron chi connectivity index (χ1n) is 41.1. The van der Waals surface area contributed by atoms with Crippen LogP contribution in [0, 0.1) is 29.8 Å². The molecule has 0 aliphatic rings. The molecule has 730 valence electrons. The number of hydrogen-bond donors (Lipinski definition) is 6. The summed E-state index contributed by atoms with van der Waals surface area (Å²) in [6.07, 6.45) is 33.6. The number of unbranched alkanes of at least 4 members (excludes halogenated alkanes) is 23. The molecular formula is C90H128ClCu6N5O24. The van der Waals surface area contributed by atoms with Crippen LogP contribution in [0.15, 0.2) is 130 Å². The molecule has 0 amide bonds. The number of nitrogens with zero attached hydrogens (tertiary/aromatic N) is 5. The van der Waals surface area contributed by atoms with Crippen molar-refractivity contribution in [1.29, 1.82) is 0 Å². The normalized spacial score (nSPS) is 10.8. The van der Waals surface area contributed by atoms with Crippen LogP contribution in [0.25, 0.3) is 31.6 Å². The number of carbonyl (C=O) groups is 9. The van der Waals surface area contributed by atoms with E-state index in [1.54, 1.807) is 30.3 Å². The average Bonchev–Trinajstić information content (AvgIpc) is 0.844. The molecule has 36 heteroatoms. The second-order valence-electron chi connectivity index (χ2n) is 26.9. The molecule has 6 radical (unpaired) electrons. The summed E-state index contributed by atoms with van der Waals surface area (Å²) in [5.41, 5.74) is -1.08. The van der Waals surface area contributed by atoms with E-state index in [-0.39, 0.29) is 175 Å². The minimum absolute atomic E-state index is 0. The molecule has 0 fully saturated rings.